The van der Waals surface area contributed by atoms with Crippen molar-refractivity contribution in [3.05, 3.63) is 78.4 Å². The van der Waals surface area contributed by atoms with E-state index in [2.05, 4.69) is 39.0 Å². The number of urea groups is 1. The van der Waals surface area contributed by atoms with Crippen molar-refractivity contribution in [2.45, 2.75) is 33.8 Å². The number of carbonyl (C=O) groups is 2. The molecule has 1 saturated heterocycles. The summed E-state index contributed by atoms with van der Waals surface area (Å²) in [6.45, 7) is 3.59. The van der Waals surface area contributed by atoms with Crippen LogP contribution in [0.5, 0.6) is 11.5 Å². The molecule has 0 spiro atoms. The van der Waals surface area contributed by atoms with Crippen molar-refractivity contribution in [2.75, 3.05) is 22.6 Å². The maximum Gasteiger partial charge on any atom is 0.387 e. The van der Waals surface area contributed by atoms with Crippen LogP contribution in [-0.2, 0) is 4.79 Å². The second-order valence-electron chi connectivity index (χ2n) is 10.4. The van der Waals surface area contributed by atoms with Gasteiger partial charge in [0, 0.05) is 5.56 Å². The van der Waals surface area contributed by atoms with Gasteiger partial charge in [0.15, 0.2) is 11.0 Å². The summed E-state index contributed by atoms with van der Waals surface area (Å²) in [4.78, 5) is 35.4. The van der Waals surface area contributed by atoms with Crippen molar-refractivity contribution >= 4 is 40.2 Å². The molecular formula is C31H29F3N6O4S. The van der Waals surface area contributed by atoms with Crippen LogP contribution >= 0.6 is 11.8 Å². The molecule has 5 rings (SSSR count). The van der Waals surface area contributed by atoms with Gasteiger partial charge in [0.25, 0.3) is 0 Å². The van der Waals surface area contributed by atoms with E-state index in [1.807, 2.05) is 13.0 Å². The molecule has 1 fully saturated rings. The van der Waals surface area contributed by atoms with E-state index in [9.17, 15) is 18.4 Å². The lowest BCUT2D eigenvalue weighted by atomic mass is 10.1. The third kappa shape index (κ3) is 7.81. The van der Waals surface area contributed by atoms with Crippen LogP contribution in [0.15, 0.2) is 72.0 Å². The molecule has 3 aromatic carbocycles. The molecule has 234 valence electrons. The van der Waals surface area contributed by atoms with Gasteiger partial charge >= 0.3 is 12.6 Å². The number of aliphatic imine (C=N–C) groups is 1. The summed E-state index contributed by atoms with van der Waals surface area (Å²) in [6, 6.07) is 14.4. The number of aromatic nitrogens is 3. The number of halogens is 3. The van der Waals surface area contributed by atoms with Gasteiger partial charge < -0.3 is 14.8 Å². The van der Waals surface area contributed by atoms with Gasteiger partial charge in [-0.25, -0.2) is 18.9 Å². The summed E-state index contributed by atoms with van der Waals surface area (Å²) in [5, 5.41) is 6.90. The highest BCUT2D eigenvalue weighted by atomic mass is 32.2. The van der Waals surface area contributed by atoms with Crippen molar-refractivity contribution in [2.24, 2.45) is 10.9 Å². The first-order valence-electron chi connectivity index (χ1n) is 13.9. The van der Waals surface area contributed by atoms with E-state index in [-0.39, 0.29) is 34.1 Å². The number of hydrogen-bond acceptors (Lipinski definition) is 7. The molecule has 14 heteroatoms. The molecular weight excluding hydrogens is 609 g/mol. The third-order valence-corrected chi connectivity index (χ3v) is 7.48. The average molecular weight is 639 g/mol. The standard InChI is InChI=1S/C31H29F3N6O4S/c1-18(2)12-13-43-26-11-4-19(3)14-25(26)40-27(41)16-45-31(40)37-30(42)36-24-10-5-20(15-23(24)32)28-35-17-39(38-28)21-6-8-22(9-7-21)44-29(33)34/h4-11,14-15,17-18,29H,12-13,16H2,1-3H3,(H,36,42)/b37-31-. The van der Waals surface area contributed by atoms with Crippen LogP contribution < -0.4 is 19.7 Å². The van der Waals surface area contributed by atoms with Crippen LogP contribution in [-0.4, -0.2) is 50.8 Å². The number of nitrogens with one attached hydrogen (secondary N) is 1. The van der Waals surface area contributed by atoms with Gasteiger partial charge in [-0.2, -0.15) is 13.8 Å². The van der Waals surface area contributed by atoms with Gasteiger partial charge in [-0.05, 0) is 79.4 Å². The number of ether oxygens (including phenoxy) is 2. The molecule has 1 aliphatic rings. The third-order valence-electron chi connectivity index (χ3n) is 6.56. The van der Waals surface area contributed by atoms with E-state index in [0.29, 0.717) is 35.2 Å². The maximum absolute atomic E-state index is 15.1. The fourth-order valence-electron chi connectivity index (χ4n) is 4.30. The Hall–Kier alpha value is -4.85. The number of anilines is 2. The van der Waals surface area contributed by atoms with Crippen LogP contribution in [0.4, 0.5) is 29.3 Å². The minimum Gasteiger partial charge on any atom is -0.491 e. The quantitative estimate of drug-likeness (QED) is 0.198. The largest absolute Gasteiger partial charge is 0.491 e. The zero-order valence-corrected chi connectivity index (χ0v) is 25.4. The molecule has 1 N–H and O–H groups in total. The molecule has 45 heavy (non-hydrogen) atoms. The van der Waals surface area contributed by atoms with Gasteiger partial charge in [0.2, 0.25) is 5.91 Å². The van der Waals surface area contributed by atoms with E-state index in [1.165, 1.54) is 52.3 Å². The van der Waals surface area contributed by atoms with E-state index < -0.39 is 18.5 Å². The lowest BCUT2D eigenvalue weighted by Crippen LogP contribution is -2.31. The zero-order valence-electron chi connectivity index (χ0n) is 24.5. The summed E-state index contributed by atoms with van der Waals surface area (Å²) < 4.78 is 51.6. The highest BCUT2D eigenvalue weighted by molar-refractivity contribution is 8.15. The normalized spacial score (nSPS) is 14.1. The summed E-state index contributed by atoms with van der Waals surface area (Å²) in [7, 11) is 0. The van der Waals surface area contributed by atoms with E-state index >= 15 is 4.39 Å². The lowest BCUT2D eigenvalue weighted by Gasteiger charge is -2.21. The maximum atomic E-state index is 15.1. The minimum absolute atomic E-state index is 0.00390. The number of amidine groups is 1. The molecule has 1 aliphatic heterocycles. The molecule has 0 bridgehead atoms. The molecule has 10 nitrogen and oxygen atoms in total. The molecule has 1 aromatic heterocycles. The van der Waals surface area contributed by atoms with Crippen molar-refractivity contribution in [1.29, 1.82) is 0 Å². The number of nitrogens with zero attached hydrogens (tertiary/aromatic N) is 5. The Morgan fingerprint density at radius 3 is 2.60 bits per heavy atom. The fourth-order valence-corrected chi connectivity index (χ4v) is 5.15. The number of aryl methyl sites for hydroxylation is 1. The topological polar surface area (TPSA) is 111 Å². The second kappa shape index (κ2) is 13.8. The van der Waals surface area contributed by atoms with Crippen molar-refractivity contribution < 1.29 is 32.2 Å². The molecule has 4 aromatic rings. The summed E-state index contributed by atoms with van der Waals surface area (Å²) in [6.07, 6.45) is 2.22. The highest BCUT2D eigenvalue weighted by Gasteiger charge is 2.33. The average Bonchev–Trinajstić information content (AvgIpc) is 3.62. The number of benzene rings is 3. The minimum atomic E-state index is -2.93. The Morgan fingerprint density at radius 2 is 1.89 bits per heavy atom. The smallest absolute Gasteiger partial charge is 0.387 e. The zero-order chi connectivity index (χ0) is 32.1. The predicted octanol–water partition coefficient (Wildman–Crippen LogP) is 7.08. The Labute approximate surface area is 261 Å². The van der Waals surface area contributed by atoms with Gasteiger partial charge in [0.05, 0.1) is 29.4 Å². The number of amides is 3. The summed E-state index contributed by atoms with van der Waals surface area (Å²) in [5.41, 5.74) is 2.11. The molecule has 0 saturated carbocycles. The van der Waals surface area contributed by atoms with Crippen molar-refractivity contribution in [3.63, 3.8) is 0 Å². The summed E-state index contributed by atoms with van der Waals surface area (Å²) >= 11 is 1.10. The number of alkyl halides is 2. The van der Waals surface area contributed by atoms with Crippen molar-refractivity contribution in [3.8, 4) is 28.6 Å². The van der Waals surface area contributed by atoms with E-state index in [1.54, 1.807) is 12.1 Å². The van der Waals surface area contributed by atoms with Crippen LogP contribution in [0.2, 0.25) is 0 Å². The molecule has 0 aliphatic carbocycles. The predicted molar refractivity (Wildman–Crippen MR) is 166 cm³/mol. The monoisotopic (exact) mass is 638 g/mol. The Bertz CT molecular complexity index is 1730. The Kier molecular flexibility index (Phi) is 9.71. The molecule has 0 radical (unpaired) electrons. The second-order valence-corrected chi connectivity index (χ2v) is 11.4. The highest BCUT2D eigenvalue weighted by Crippen LogP contribution is 2.35. The van der Waals surface area contributed by atoms with E-state index in [0.717, 1.165) is 29.8 Å². The van der Waals surface area contributed by atoms with Crippen LogP contribution in [0.1, 0.15) is 25.8 Å². The molecule has 0 atom stereocenters. The van der Waals surface area contributed by atoms with Crippen molar-refractivity contribution in [1.82, 2.24) is 14.8 Å². The molecule has 0 unspecified atom stereocenters. The molecule has 3 amide bonds. The molecule has 2 heterocycles. The number of thioether (sulfide) groups is 1. The first kappa shape index (κ1) is 31.6. The lowest BCUT2D eigenvalue weighted by molar-refractivity contribution is -0.115. The van der Waals surface area contributed by atoms with Crippen LogP contribution in [0, 0.1) is 18.7 Å². The Balaban J connectivity index is 1.29. The Morgan fingerprint density at radius 1 is 1.11 bits per heavy atom. The van der Waals surface area contributed by atoms with Gasteiger partial charge in [0.1, 0.15) is 23.6 Å². The SMILES string of the molecule is Cc1ccc(OCCC(C)C)c(N2C(=O)CS/C2=N\C(=O)Nc2ccc(-c3ncn(-c4ccc(OC(F)F)cc4)n3)cc2F)c1. The van der Waals surface area contributed by atoms with Gasteiger partial charge in [-0.3, -0.25) is 9.69 Å². The number of rotatable bonds is 10. The fraction of sp³-hybridized carbons (Fsp3) is 0.258. The number of hydrogen-bond donors (Lipinski definition) is 1. The van der Waals surface area contributed by atoms with Gasteiger partial charge in [-0.15, -0.1) is 5.10 Å². The first-order chi connectivity index (χ1) is 21.6. The first-order valence-corrected chi connectivity index (χ1v) is 14.9. The van der Waals surface area contributed by atoms with Crippen LogP contribution in [0.25, 0.3) is 17.1 Å². The summed E-state index contributed by atoms with van der Waals surface area (Å²) in [5.74, 6) is 0.205. The van der Waals surface area contributed by atoms with Gasteiger partial charge in [-0.1, -0.05) is 31.7 Å². The van der Waals surface area contributed by atoms with E-state index in [4.69, 9.17) is 4.74 Å². The number of carbonyl (C=O) groups excluding carboxylic acids is 2. The van der Waals surface area contributed by atoms with Crippen LogP contribution in [0.3, 0.4) is 0 Å².